The summed E-state index contributed by atoms with van der Waals surface area (Å²) in [6.07, 6.45) is 0. The van der Waals surface area contributed by atoms with Crippen molar-refractivity contribution >= 4 is 17.3 Å². The molecule has 8 heteroatoms. The maximum Gasteiger partial charge on any atom is 0.306 e. The first-order valence-electron chi connectivity index (χ1n) is 8.69. The molecule has 0 saturated heterocycles. The van der Waals surface area contributed by atoms with Gasteiger partial charge in [0.1, 0.15) is 24.7 Å². The maximum atomic E-state index is 13.5. The molecule has 0 atom stereocenters. The van der Waals surface area contributed by atoms with Crippen LogP contribution in [-0.2, 0) is 0 Å². The Balaban J connectivity index is 1.64. The van der Waals surface area contributed by atoms with Crippen molar-refractivity contribution in [2.24, 2.45) is 0 Å². The Morgan fingerprint density at radius 1 is 0.966 bits per heavy atom. The Kier molecular flexibility index (Phi) is 6.36. The Morgan fingerprint density at radius 2 is 1.66 bits per heavy atom. The highest BCUT2D eigenvalue weighted by molar-refractivity contribution is 6.06. The van der Waals surface area contributed by atoms with Gasteiger partial charge in [0.2, 0.25) is 5.82 Å². The number of benzene rings is 3. The van der Waals surface area contributed by atoms with Gasteiger partial charge in [0.25, 0.3) is 5.91 Å². The van der Waals surface area contributed by atoms with Gasteiger partial charge in [-0.25, -0.2) is 0 Å². The first-order valence-corrected chi connectivity index (χ1v) is 8.69. The summed E-state index contributed by atoms with van der Waals surface area (Å²) in [7, 11) is 0. The van der Waals surface area contributed by atoms with Gasteiger partial charge in [-0.1, -0.05) is 30.3 Å². The monoisotopic (exact) mass is 396 g/mol. The number of nitro groups is 1. The van der Waals surface area contributed by atoms with Gasteiger partial charge in [-0.3, -0.25) is 14.9 Å². The number of anilines is 1. The molecule has 1 amide bonds. The van der Waals surface area contributed by atoms with Crippen molar-refractivity contribution in [2.75, 3.05) is 18.5 Å². The van der Waals surface area contributed by atoms with Crippen molar-refractivity contribution in [3.05, 3.63) is 94.3 Å². The molecule has 3 rings (SSSR count). The second-order valence-corrected chi connectivity index (χ2v) is 5.88. The van der Waals surface area contributed by atoms with Gasteiger partial charge in [0.05, 0.1) is 10.5 Å². The summed E-state index contributed by atoms with van der Waals surface area (Å²) in [6.45, 7) is 0.491. The summed E-state index contributed by atoms with van der Waals surface area (Å²) >= 11 is 0. The standard InChI is InChI=1S/C21H17FN2O5/c22-18-11-10-15(14-19(18)24(26)27)23-21(25)17-8-4-5-9-20(17)29-13-12-28-16-6-2-1-3-7-16/h1-11,14H,12-13H2,(H,23,25). The van der Waals surface area contributed by atoms with Crippen LogP contribution in [-0.4, -0.2) is 24.0 Å². The average molecular weight is 396 g/mol. The Bertz CT molecular complexity index is 1010. The Morgan fingerprint density at radius 3 is 2.41 bits per heavy atom. The fraction of sp³-hybridized carbons (Fsp3) is 0.0952. The number of ether oxygens (including phenoxy) is 2. The molecular weight excluding hydrogens is 379 g/mol. The second kappa shape index (κ2) is 9.32. The van der Waals surface area contributed by atoms with Crippen LogP contribution in [0.25, 0.3) is 0 Å². The Labute approximate surface area is 165 Å². The van der Waals surface area contributed by atoms with Gasteiger partial charge in [-0.15, -0.1) is 0 Å². The first kappa shape index (κ1) is 19.8. The number of nitro benzene ring substituents is 1. The van der Waals surface area contributed by atoms with Crippen molar-refractivity contribution in [3.8, 4) is 11.5 Å². The van der Waals surface area contributed by atoms with Crippen molar-refractivity contribution in [1.82, 2.24) is 0 Å². The van der Waals surface area contributed by atoms with Crippen molar-refractivity contribution in [3.63, 3.8) is 0 Å². The van der Waals surface area contributed by atoms with E-state index in [-0.39, 0.29) is 24.5 Å². The van der Waals surface area contributed by atoms with E-state index in [1.165, 1.54) is 6.07 Å². The molecule has 7 nitrogen and oxygen atoms in total. The summed E-state index contributed by atoms with van der Waals surface area (Å²) in [5.74, 6) is -0.473. The van der Waals surface area contributed by atoms with Crippen LogP contribution in [0.5, 0.6) is 11.5 Å². The van der Waals surface area contributed by atoms with Crippen LogP contribution in [0.4, 0.5) is 15.8 Å². The molecule has 0 spiro atoms. The van der Waals surface area contributed by atoms with Gasteiger partial charge in [0, 0.05) is 11.8 Å². The largest absolute Gasteiger partial charge is 0.490 e. The van der Waals surface area contributed by atoms with Crippen molar-refractivity contribution in [2.45, 2.75) is 0 Å². The van der Waals surface area contributed by atoms with E-state index in [0.717, 1.165) is 12.1 Å². The molecule has 148 valence electrons. The van der Waals surface area contributed by atoms with Crippen LogP contribution < -0.4 is 14.8 Å². The summed E-state index contributed by atoms with van der Waals surface area (Å²) in [4.78, 5) is 22.6. The molecule has 1 N–H and O–H groups in total. The zero-order valence-corrected chi connectivity index (χ0v) is 15.2. The molecule has 0 saturated carbocycles. The highest BCUT2D eigenvalue weighted by Gasteiger charge is 2.17. The molecule has 0 bridgehead atoms. The number of carbonyl (C=O) groups is 1. The van der Waals surface area contributed by atoms with Crippen LogP contribution in [0.15, 0.2) is 72.8 Å². The smallest absolute Gasteiger partial charge is 0.306 e. The summed E-state index contributed by atoms with van der Waals surface area (Å²) in [5, 5.41) is 13.4. The topological polar surface area (TPSA) is 90.7 Å². The van der Waals surface area contributed by atoms with E-state index >= 15 is 0 Å². The molecule has 0 unspecified atom stereocenters. The molecule has 0 aliphatic rings. The molecule has 3 aromatic rings. The third-order valence-electron chi connectivity index (χ3n) is 3.89. The van der Waals surface area contributed by atoms with E-state index in [9.17, 15) is 19.3 Å². The van der Waals surface area contributed by atoms with Crippen LogP contribution in [0.1, 0.15) is 10.4 Å². The predicted molar refractivity (Wildman–Crippen MR) is 105 cm³/mol. The van der Waals surface area contributed by atoms with Crippen LogP contribution in [0.3, 0.4) is 0 Å². The molecule has 3 aromatic carbocycles. The lowest BCUT2D eigenvalue weighted by Gasteiger charge is -2.12. The minimum atomic E-state index is -0.977. The first-order chi connectivity index (χ1) is 14.0. The lowest BCUT2D eigenvalue weighted by atomic mass is 10.1. The quantitative estimate of drug-likeness (QED) is 0.345. The van der Waals surface area contributed by atoms with Crippen molar-refractivity contribution in [1.29, 1.82) is 0 Å². The van der Waals surface area contributed by atoms with E-state index in [2.05, 4.69) is 5.32 Å². The number of nitrogens with zero attached hydrogens (tertiary/aromatic N) is 1. The lowest BCUT2D eigenvalue weighted by Crippen LogP contribution is -2.15. The summed E-state index contributed by atoms with van der Waals surface area (Å²) in [5.41, 5.74) is -0.380. The molecule has 0 fully saturated rings. The number of para-hydroxylation sites is 2. The van der Waals surface area contributed by atoms with E-state index in [1.54, 1.807) is 24.3 Å². The fourth-order valence-electron chi connectivity index (χ4n) is 2.54. The lowest BCUT2D eigenvalue weighted by molar-refractivity contribution is -0.387. The van der Waals surface area contributed by atoms with Crippen molar-refractivity contribution < 1.29 is 23.6 Å². The molecule has 0 heterocycles. The van der Waals surface area contributed by atoms with Crippen LogP contribution >= 0.6 is 0 Å². The number of nitrogens with one attached hydrogen (secondary N) is 1. The number of carbonyl (C=O) groups excluding carboxylic acids is 1. The number of rotatable bonds is 8. The third-order valence-corrected chi connectivity index (χ3v) is 3.89. The minimum Gasteiger partial charge on any atom is -0.490 e. The van der Waals surface area contributed by atoms with E-state index < -0.39 is 22.3 Å². The van der Waals surface area contributed by atoms with Gasteiger partial charge < -0.3 is 14.8 Å². The molecule has 0 aliphatic carbocycles. The minimum absolute atomic E-state index is 0.102. The summed E-state index contributed by atoms with van der Waals surface area (Å²) < 4.78 is 24.6. The predicted octanol–water partition coefficient (Wildman–Crippen LogP) is 4.44. The third kappa shape index (κ3) is 5.29. The van der Waals surface area contributed by atoms with Crippen LogP contribution in [0, 0.1) is 15.9 Å². The molecule has 0 aliphatic heterocycles. The summed E-state index contributed by atoms with van der Waals surface area (Å²) in [6, 6.07) is 18.9. The zero-order valence-electron chi connectivity index (χ0n) is 15.2. The van der Waals surface area contributed by atoms with E-state index in [0.29, 0.717) is 11.5 Å². The molecule has 0 aromatic heterocycles. The van der Waals surface area contributed by atoms with Gasteiger partial charge in [-0.2, -0.15) is 4.39 Å². The number of halogens is 1. The highest BCUT2D eigenvalue weighted by atomic mass is 19.1. The van der Waals surface area contributed by atoms with E-state index in [1.807, 2.05) is 30.3 Å². The van der Waals surface area contributed by atoms with Crippen LogP contribution in [0.2, 0.25) is 0 Å². The molecular formula is C21H17FN2O5. The zero-order chi connectivity index (χ0) is 20.6. The highest BCUT2D eigenvalue weighted by Crippen LogP contribution is 2.24. The number of hydrogen-bond acceptors (Lipinski definition) is 5. The Hall–Kier alpha value is -3.94. The number of amides is 1. The molecule has 29 heavy (non-hydrogen) atoms. The SMILES string of the molecule is O=C(Nc1ccc(F)c([N+](=O)[O-])c1)c1ccccc1OCCOc1ccccc1. The average Bonchev–Trinajstić information content (AvgIpc) is 2.73. The fourth-order valence-corrected chi connectivity index (χ4v) is 2.54. The molecule has 0 radical (unpaired) electrons. The van der Waals surface area contributed by atoms with E-state index in [4.69, 9.17) is 9.47 Å². The van der Waals surface area contributed by atoms with Gasteiger partial charge in [-0.05, 0) is 36.4 Å². The number of hydrogen-bond donors (Lipinski definition) is 1. The maximum absolute atomic E-state index is 13.5. The second-order valence-electron chi connectivity index (χ2n) is 5.88. The normalized spacial score (nSPS) is 10.2. The van der Waals surface area contributed by atoms with Gasteiger partial charge >= 0.3 is 5.69 Å². The van der Waals surface area contributed by atoms with Gasteiger partial charge in [0.15, 0.2) is 0 Å².